The molecule has 1 N–H and O–H groups in total. The van der Waals surface area contributed by atoms with Gasteiger partial charge >= 0.3 is 0 Å². The van der Waals surface area contributed by atoms with Crippen LogP contribution in [0.2, 0.25) is 0 Å². The van der Waals surface area contributed by atoms with Gasteiger partial charge in [0.15, 0.2) is 5.96 Å². The van der Waals surface area contributed by atoms with Crippen LogP contribution in [0.3, 0.4) is 0 Å². The summed E-state index contributed by atoms with van der Waals surface area (Å²) in [6.45, 7) is 11.9. The number of rotatable bonds is 9. The number of halogens is 1. The van der Waals surface area contributed by atoms with Gasteiger partial charge in [-0.15, -0.1) is 24.0 Å². The van der Waals surface area contributed by atoms with Crippen LogP contribution >= 0.6 is 24.0 Å². The van der Waals surface area contributed by atoms with Crippen LogP contribution in [0.25, 0.3) is 0 Å². The van der Waals surface area contributed by atoms with Crippen molar-refractivity contribution in [3.05, 3.63) is 0 Å². The van der Waals surface area contributed by atoms with E-state index in [4.69, 9.17) is 4.74 Å². The minimum Gasteiger partial charge on any atom is -0.378 e. The number of aliphatic imine (C=N–C) groups is 1. The maximum atomic E-state index is 12.5. The van der Waals surface area contributed by atoms with Crippen molar-refractivity contribution >= 4 is 40.0 Å². The zero-order chi connectivity index (χ0) is 21.3. The summed E-state index contributed by atoms with van der Waals surface area (Å²) in [6.07, 6.45) is 5.12. The molecule has 2 saturated heterocycles. The molecule has 0 aromatic carbocycles. The fourth-order valence-electron chi connectivity index (χ4n) is 4.00. The van der Waals surface area contributed by atoms with E-state index >= 15 is 0 Å². The molecule has 0 aromatic heterocycles. The van der Waals surface area contributed by atoms with Crippen LogP contribution in [0.4, 0.5) is 0 Å². The van der Waals surface area contributed by atoms with Gasteiger partial charge in [0.05, 0.1) is 18.5 Å². The average Bonchev–Trinajstić information content (AvgIpc) is 2.69. The van der Waals surface area contributed by atoms with Crippen molar-refractivity contribution in [2.45, 2.75) is 58.6 Å². The van der Waals surface area contributed by atoms with Crippen molar-refractivity contribution in [3.63, 3.8) is 0 Å². The van der Waals surface area contributed by atoms with E-state index in [1.165, 1.54) is 25.8 Å². The number of hydrogen-bond acceptors (Lipinski definition) is 5. The molecular formula is C20H42IN5O3S. The number of hydrogen-bond donors (Lipinski definition) is 1. The number of nitrogens with one attached hydrogen (secondary N) is 1. The molecule has 2 rings (SSSR count). The third-order valence-corrected chi connectivity index (χ3v) is 7.62. The van der Waals surface area contributed by atoms with Gasteiger partial charge in [-0.05, 0) is 46.6 Å². The van der Waals surface area contributed by atoms with Gasteiger partial charge in [0.2, 0.25) is 10.0 Å². The maximum absolute atomic E-state index is 12.5. The van der Waals surface area contributed by atoms with E-state index in [1.807, 2.05) is 13.8 Å². The summed E-state index contributed by atoms with van der Waals surface area (Å²) < 4.78 is 31.9. The molecule has 10 heteroatoms. The van der Waals surface area contributed by atoms with Crippen molar-refractivity contribution in [3.8, 4) is 0 Å². The van der Waals surface area contributed by atoms with Gasteiger partial charge in [-0.1, -0.05) is 6.42 Å². The number of piperazine rings is 1. The summed E-state index contributed by atoms with van der Waals surface area (Å²) in [7, 11) is -1.46. The number of sulfonamides is 1. The monoisotopic (exact) mass is 559 g/mol. The second-order valence-electron chi connectivity index (χ2n) is 8.33. The Balaban J connectivity index is 0.00000450. The Kier molecular flexibility index (Phi) is 13.1. The van der Waals surface area contributed by atoms with E-state index in [0.29, 0.717) is 32.2 Å². The first-order valence-corrected chi connectivity index (χ1v) is 12.7. The molecule has 2 aliphatic heterocycles. The Morgan fingerprint density at radius 3 is 2.47 bits per heavy atom. The molecule has 2 aliphatic rings. The lowest BCUT2D eigenvalue weighted by molar-refractivity contribution is 0.0904. The highest BCUT2D eigenvalue weighted by Crippen LogP contribution is 2.16. The molecular weight excluding hydrogens is 517 g/mol. The fourth-order valence-corrected chi connectivity index (χ4v) is 5.29. The Morgan fingerprint density at radius 2 is 1.87 bits per heavy atom. The molecule has 2 heterocycles. The van der Waals surface area contributed by atoms with E-state index in [9.17, 15) is 8.42 Å². The molecule has 0 amide bonds. The SMILES string of the molecule is CN=C(NCCCN1CCCCC1C)N1CCN(S(=O)(=O)CCOC(C)C)CC1.I. The molecule has 0 saturated carbocycles. The van der Waals surface area contributed by atoms with E-state index in [1.54, 1.807) is 11.4 Å². The maximum Gasteiger partial charge on any atom is 0.216 e. The summed E-state index contributed by atoms with van der Waals surface area (Å²) >= 11 is 0. The highest BCUT2D eigenvalue weighted by atomic mass is 127. The topological polar surface area (TPSA) is 77.5 Å². The Hall–Kier alpha value is -0.170. The first-order chi connectivity index (χ1) is 13.8. The summed E-state index contributed by atoms with van der Waals surface area (Å²) in [5.41, 5.74) is 0. The summed E-state index contributed by atoms with van der Waals surface area (Å²) in [5.74, 6) is 0.921. The highest BCUT2D eigenvalue weighted by Gasteiger charge is 2.28. The predicted octanol–water partition coefficient (Wildman–Crippen LogP) is 1.82. The first-order valence-electron chi connectivity index (χ1n) is 11.1. The molecule has 178 valence electrons. The molecule has 1 atom stereocenters. The minimum atomic E-state index is -3.26. The number of guanidine groups is 1. The zero-order valence-corrected chi connectivity index (χ0v) is 22.3. The van der Waals surface area contributed by atoms with Gasteiger partial charge in [0, 0.05) is 52.4 Å². The highest BCUT2D eigenvalue weighted by molar-refractivity contribution is 14.0. The van der Waals surface area contributed by atoms with Crippen molar-refractivity contribution in [2.75, 3.05) is 65.2 Å². The molecule has 8 nitrogen and oxygen atoms in total. The average molecular weight is 560 g/mol. The number of likely N-dealkylation sites (tertiary alicyclic amines) is 1. The molecule has 0 aromatic rings. The van der Waals surface area contributed by atoms with Crippen molar-refractivity contribution in [1.29, 1.82) is 0 Å². The molecule has 0 spiro atoms. The van der Waals surface area contributed by atoms with Gasteiger partial charge in [-0.2, -0.15) is 4.31 Å². The molecule has 30 heavy (non-hydrogen) atoms. The van der Waals surface area contributed by atoms with Crippen molar-refractivity contribution < 1.29 is 13.2 Å². The van der Waals surface area contributed by atoms with E-state index < -0.39 is 10.0 Å². The van der Waals surface area contributed by atoms with Crippen LogP contribution in [-0.4, -0.2) is 106 Å². The van der Waals surface area contributed by atoms with Crippen LogP contribution in [0.5, 0.6) is 0 Å². The minimum absolute atomic E-state index is 0. The summed E-state index contributed by atoms with van der Waals surface area (Å²) in [6, 6.07) is 0.698. The number of ether oxygens (including phenoxy) is 1. The molecule has 2 fully saturated rings. The van der Waals surface area contributed by atoms with Crippen LogP contribution in [0.1, 0.15) is 46.5 Å². The zero-order valence-electron chi connectivity index (χ0n) is 19.2. The van der Waals surface area contributed by atoms with Crippen LogP contribution in [0, 0.1) is 0 Å². The van der Waals surface area contributed by atoms with E-state index in [2.05, 4.69) is 27.0 Å². The largest absolute Gasteiger partial charge is 0.378 e. The lowest BCUT2D eigenvalue weighted by atomic mass is 10.0. The van der Waals surface area contributed by atoms with Crippen LogP contribution in [-0.2, 0) is 14.8 Å². The summed E-state index contributed by atoms with van der Waals surface area (Å²) in [4.78, 5) is 9.13. The van der Waals surface area contributed by atoms with Crippen molar-refractivity contribution in [1.82, 2.24) is 19.4 Å². The lowest BCUT2D eigenvalue weighted by Gasteiger charge is -2.36. The smallest absolute Gasteiger partial charge is 0.216 e. The van der Waals surface area contributed by atoms with E-state index in [-0.39, 0.29) is 42.4 Å². The molecule has 0 radical (unpaired) electrons. The number of piperidine rings is 1. The molecule has 1 unspecified atom stereocenters. The van der Waals surface area contributed by atoms with Gasteiger partial charge in [0.1, 0.15) is 0 Å². The third-order valence-electron chi connectivity index (χ3n) is 5.78. The van der Waals surface area contributed by atoms with Gasteiger partial charge < -0.3 is 19.9 Å². The summed E-state index contributed by atoms with van der Waals surface area (Å²) in [5, 5.41) is 3.46. The normalized spacial score (nSPS) is 22.2. The first kappa shape index (κ1) is 27.9. The van der Waals surface area contributed by atoms with Gasteiger partial charge in [-0.25, -0.2) is 8.42 Å². The molecule has 0 bridgehead atoms. The standard InChI is InChI=1S/C20H41N5O3S.HI/c1-18(2)28-16-17-29(26,27)25-14-12-24(13-15-25)20(21-4)22-9-7-11-23-10-6-5-8-19(23)3;/h18-19H,5-17H2,1-4H3,(H,21,22);1H. The quantitative estimate of drug-likeness (QED) is 0.201. The third kappa shape index (κ3) is 9.13. The van der Waals surface area contributed by atoms with Gasteiger partial charge in [0.25, 0.3) is 0 Å². The Labute approximate surface area is 200 Å². The van der Waals surface area contributed by atoms with Crippen LogP contribution in [0.15, 0.2) is 4.99 Å². The second-order valence-corrected chi connectivity index (χ2v) is 10.4. The van der Waals surface area contributed by atoms with Gasteiger partial charge in [-0.3, -0.25) is 4.99 Å². The number of nitrogens with zero attached hydrogens (tertiary/aromatic N) is 4. The van der Waals surface area contributed by atoms with Crippen LogP contribution < -0.4 is 5.32 Å². The predicted molar refractivity (Wildman–Crippen MR) is 134 cm³/mol. The Morgan fingerprint density at radius 1 is 1.17 bits per heavy atom. The molecule has 0 aliphatic carbocycles. The lowest BCUT2D eigenvalue weighted by Crippen LogP contribution is -2.54. The second kappa shape index (κ2) is 14.1. The van der Waals surface area contributed by atoms with Crippen molar-refractivity contribution in [2.24, 2.45) is 4.99 Å². The fraction of sp³-hybridized carbons (Fsp3) is 0.950. The van der Waals surface area contributed by atoms with E-state index in [0.717, 1.165) is 25.5 Å². The Bertz CT molecular complexity index is 610.